The van der Waals surface area contributed by atoms with Crippen LogP contribution in [0.3, 0.4) is 0 Å². The van der Waals surface area contributed by atoms with E-state index in [9.17, 15) is 0 Å². The van der Waals surface area contributed by atoms with Crippen LogP contribution in [0.15, 0.2) is 0 Å². The summed E-state index contributed by atoms with van der Waals surface area (Å²) >= 11 is 0. The summed E-state index contributed by atoms with van der Waals surface area (Å²) in [5, 5.41) is 8.61. The first-order chi connectivity index (χ1) is 3.56. The number of hydrogen-bond donors (Lipinski definition) is 1. The molecule has 0 saturated heterocycles. The fourth-order valence-corrected chi connectivity index (χ4v) is 0. The molecule has 8 heteroatoms. The van der Waals surface area contributed by atoms with Crippen molar-refractivity contribution >= 4 is 17.2 Å². The smallest absolute Gasteiger partial charge is 0.705 e. The van der Waals surface area contributed by atoms with Crippen molar-refractivity contribution in [3.63, 3.8) is 0 Å². The minimum absolute atomic E-state index is 0. The Hall–Kier alpha value is 0.500. The van der Waals surface area contributed by atoms with Crippen LogP contribution in [0.1, 0.15) is 0 Å². The van der Waals surface area contributed by atoms with E-state index in [-0.39, 0.29) is 29.6 Å². The summed E-state index contributed by atoms with van der Waals surface area (Å²) in [7, 11) is -4.72. The van der Waals surface area contributed by atoms with Gasteiger partial charge in [-0.05, 0) is 0 Å². The second-order valence-electron chi connectivity index (χ2n) is 0.496. The normalized spacial score (nSPS) is 8.22. The molecule has 0 fully saturated rings. The maximum Gasteiger partial charge on any atom is 1.00 e. The molecule has 50 valence electrons. The van der Waals surface area contributed by atoms with Gasteiger partial charge in [0.15, 0.2) is 0 Å². The molecule has 0 atom stereocenters. The molecular weight excluding hydrogens is 163 g/mol. The van der Waals surface area contributed by atoms with E-state index in [0.717, 1.165) is 0 Å². The molecule has 0 aromatic carbocycles. The Bertz CT molecular complexity index is 126. The van der Waals surface area contributed by atoms with Gasteiger partial charge in [-0.1, -0.05) is 0 Å². The largest absolute Gasteiger partial charge is 1.00 e. The first-order valence-corrected chi connectivity index (χ1v) is 2.50. The third-order valence-electron chi connectivity index (χ3n) is 0.0860. The van der Waals surface area contributed by atoms with E-state index in [1.54, 1.807) is 0 Å². The molecule has 0 aromatic heterocycles. The van der Waals surface area contributed by atoms with Crippen LogP contribution >= 0.6 is 0 Å². The molecule has 0 amide bonds. The molecule has 0 aliphatic carbocycles. The van der Waals surface area contributed by atoms with Crippen molar-refractivity contribution in [2.24, 2.45) is 0 Å². The summed E-state index contributed by atoms with van der Waals surface area (Å²) in [6.45, 7) is 2.00. The van der Waals surface area contributed by atoms with Crippen molar-refractivity contribution in [2.75, 3.05) is 0 Å². The van der Waals surface area contributed by atoms with Crippen molar-refractivity contribution in [1.29, 1.82) is 0 Å². The van der Waals surface area contributed by atoms with Crippen LogP contribution in [0.4, 0.5) is 0 Å². The second kappa shape index (κ2) is 8.50. The minimum Gasteiger partial charge on any atom is -0.705 e. The Kier molecular flexibility index (Phi) is 15.3. The summed E-state index contributed by atoms with van der Waals surface area (Å²) in [5.74, 6) is 0. The standard InChI is InChI=1S/CH2O.Na.H2O5S/c1-2;;1-5-6(2,3)4/h1H2;;1H,(H,2,3,4)/q;+1;/p-1. The molecular formula is CH3NaO6S. The van der Waals surface area contributed by atoms with Gasteiger partial charge in [-0.25, -0.2) is 0 Å². The van der Waals surface area contributed by atoms with Gasteiger partial charge >= 0.3 is 40.0 Å². The Morgan fingerprint density at radius 3 is 1.56 bits per heavy atom. The van der Waals surface area contributed by atoms with Gasteiger partial charge in [0.1, 0.15) is 6.79 Å². The van der Waals surface area contributed by atoms with Crippen molar-refractivity contribution in [2.45, 2.75) is 0 Å². The molecule has 0 spiro atoms. The molecule has 9 heavy (non-hydrogen) atoms. The van der Waals surface area contributed by atoms with E-state index in [0.29, 0.717) is 0 Å². The van der Waals surface area contributed by atoms with Crippen molar-refractivity contribution in [1.82, 2.24) is 0 Å². The summed E-state index contributed by atoms with van der Waals surface area (Å²) in [4.78, 5) is 8.00. The Morgan fingerprint density at radius 2 is 1.56 bits per heavy atom. The first-order valence-electron chi connectivity index (χ1n) is 1.14. The first kappa shape index (κ1) is 16.2. The molecule has 0 aliphatic heterocycles. The predicted molar refractivity (Wildman–Crippen MR) is 19.8 cm³/mol. The molecule has 0 unspecified atom stereocenters. The fraction of sp³-hybridized carbons (Fsp3) is 0. The zero-order valence-corrected chi connectivity index (χ0v) is 7.42. The van der Waals surface area contributed by atoms with E-state index in [1.807, 2.05) is 6.79 Å². The fourth-order valence-electron chi connectivity index (χ4n) is 0. The summed E-state index contributed by atoms with van der Waals surface area (Å²) < 4.78 is 27.5. The van der Waals surface area contributed by atoms with Gasteiger partial charge in [-0.2, -0.15) is 8.42 Å². The van der Waals surface area contributed by atoms with Gasteiger partial charge in [0.2, 0.25) is 0 Å². The summed E-state index contributed by atoms with van der Waals surface area (Å²) in [6.07, 6.45) is 0. The van der Waals surface area contributed by atoms with Gasteiger partial charge < -0.3 is 14.4 Å². The Labute approximate surface area is 74.0 Å². The molecule has 0 rings (SSSR count). The van der Waals surface area contributed by atoms with Gasteiger partial charge in [0, 0.05) is 0 Å². The molecule has 0 aliphatic rings. The average molecular weight is 166 g/mol. The molecule has 0 saturated carbocycles. The van der Waals surface area contributed by atoms with Crippen LogP contribution in [-0.2, 0) is 19.5 Å². The molecule has 0 heterocycles. The van der Waals surface area contributed by atoms with Crippen LogP contribution < -0.4 is 34.8 Å². The van der Waals surface area contributed by atoms with Crippen LogP contribution in [0.5, 0.6) is 0 Å². The van der Waals surface area contributed by atoms with Gasteiger partial charge in [-0.3, -0.25) is 4.55 Å². The third kappa shape index (κ3) is 29.3. The monoisotopic (exact) mass is 166 g/mol. The van der Waals surface area contributed by atoms with Gasteiger partial charge in [-0.15, -0.1) is 0 Å². The summed E-state index contributed by atoms with van der Waals surface area (Å²) in [5.41, 5.74) is 0. The van der Waals surface area contributed by atoms with Gasteiger partial charge in [0.25, 0.3) is 0 Å². The van der Waals surface area contributed by atoms with Crippen LogP contribution in [-0.4, -0.2) is 19.8 Å². The molecule has 6 nitrogen and oxygen atoms in total. The van der Waals surface area contributed by atoms with Crippen molar-refractivity contribution < 1.29 is 56.9 Å². The van der Waals surface area contributed by atoms with Crippen molar-refractivity contribution in [3.05, 3.63) is 0 Å². The zero-order chi connectivity index (χ0) is 7.21. The molecule has 0 bridgehead atoms. The van der Waals surface area contributed by atoms with E-state index >= 15 is 0 Å². The predicted octanol–water partition coefficient (Wildman–Crippen LogP) is -5.10. The topological polar surface area (TPSA) is 104 Å². The van der Waals surface area contributed by atoms with Gasteiger partial charge in [0.05, 0.1) is 0 Å². The van der Waals surface area contributed by atoms with E-state index in [1.165, 1.54) is 0 Å². The third-order valence-corrected chi connectivity index (χ3v) is 0.258. The van der Waals surface area contributed by atoms with Crippen LogP contribution in [0.25, 0.3) is 0 Å². The van der Waals surface area contributed by atoms with Crippen molar-refractivity contribution in [3.8, 4) is 0 Å². The Morgan fingerprint density at radius 1 is 1.44 bits per heavy atom. The summed E-state index contributed by atoms with van der Waals surface area (Å²) in [6, 6.07) is 0. The maximum absolute atomic E-state index is 9.02. The number of carbonyl (C=O) groups is 1. The van der Waals surface area contributed by atoms with E-state index in [4.69, 9.17) is 23.0 Å². The quantitative estimate of drug-likeness (QED) is 0.181. The maximum atomic E-state index is 9.02. The molecule has 0 aromatic rings. The van der Waals surface area contributed by atoms with E-state index < -0.39 is 10.4 Å². The average Bonchev–Trinajstić information content (AvgIpc) is 1.71. The SMILES string of the molecule is C=O.O=S(=O)(O)O[O-].[Na+]. The van der Waals surface area contributed by atoms with Crippen LogP contribution in [0.2, 0.25) is 0 Å². The number of hydrogen-bond acceptors (Lipinski definition) is 5. The molecule has 1 N–H and O–H groups in total. The number of carbonyl (C=O) groups excluding carboxylic acids is 1. The Balaban J connectivity index is -0.000000109. The minimum atomic E-state index is -4.72. The second-order valence-corrected chi connectivity index (χ2v) is 1.49. The number of rotatable bonds is 1. The van der Waals surface area contributed by atoms with E-state index in [2.05, 4.69) is 4.33 Å². The zero-order valence-electron chi connectivity index (χ0n) is 4.60. The molecule has 0 radical (unpaired) electrons. The van der Waals surface area contributed by atoms with Crippen LogP contribution in [0, 0.1) is 0 Å².